The largest absolute Gasteiger partial charge is 0.478 e. The van der Waals surface area contributed by atoms with Gasteiger partial charge >= 0.3 is 0 Å². The molecule has 0 aliphatic rings. The number of anilines is 1. The Balaban J connectivity index is 2.20. The van der Waals surface area contributed by atoms with Gasteiger partial charge in [0.1, 0.15) is 23.5 Å². The Bertz CT molecular complexity index is 962. The molecule has 5 nitrogen and oxygen atoms in total. The maximum atomic E-state index is 12.3. The summed E-state index contributed by atoms with van der Waals surface area (Å²) < 4.78 is 5.82. The number of carbonyl (C=O) groups is 1. The number of nitrogens with zero attached hydrogens (tertiary/aromatic N) is 2. The fourth-order valence-corrected chi connectivity index (χ4v) is 2.73. The van der Waals surface area contributed by atoms with Crippen LogP contribution in [-0.2, 0) is 4.79 Å². The minimum absolute atomic E-state index is 0.0801. The second kappa shape index (κ2) is 9.26. The van der Waals surface area contributed by atoms with Crippen LogP contribution in [0.1, 0.15) is 5.56 Å². The van der Waals surface area contributed by atoms with E-state index in [1.165, 1.54) is 12.1 Å². The Morgan fingerprint density at radius 1 is 1.19 bits per heavy atom. The predicted octanol–water partition coefficient (Wildman–Crippen LogP) is 5.20. The van der Waals surface area contributed by atoms with E-state index in [1.54, 1.807) is 30.3 Å². The maximum Gasteiger partial charge on any atom is 0.266 e. The minimum atomic E-state index is -0.577. The highest BCUT2D eigenvalue weighted by Crippen LogP contribution is 2.27. The van der Waals surface area contributed by atoms with Gasteiger partial charge in [-0.25, -0.2) is 0 Å². The molecule has 0 aliphatic heterocycles. The van der Waals surface area contributed by atoms with Crippen molar-refractivity contribution < 1.29 is 9.53 Å². The van der Waals surface area contributed by atoms with Gasteiger partial charge in [0.05, 0.1) is 14.5 Å². The quantitative estimate of drug-likeness (QED) is 0.500. The van der Waals surface area contributed by atoms with E-state index in [4.69, 9.17) is 33.2 Å². The number of benzene rings is 2. The first-order valence-corrected chi connectivity index (χ1v) is 8.67. The fraction of sp³-hybridized carbons (Fsp3) is 0.0556. The minimum Gasteiger partial charge on any atom is -0.478 e. The number of hydrogen-bond acceptors (Lipinski definition) is 4. The standard InChI is InChI=1S/C18H10BrCl2N3O2/c19-14-8-11(1-4-17(14)26-6-5-22)7-12(10-23)18(25)24-13-2-3-15(20)16(21)9-13/h1-4,7-9H,6H2,(H,24,25)/b12-7+. The number of hydrogen-bond donors (Lipinski definition) is 1. The van der Waals surface area contributed by atoms with Crippen molar-refractivity contribution in [2.75, 3.05) is 11.9 Å². The number of carbonyl (C=O) groups excluding carboxylic acids is 1. The van der Waals surface area contributed by atoms with Gasteiger partial charge in [0, 0.05) is 5.69 Å². The van der Waals surface area contributed by atoms with Crippen molar-refractivity contribution in [1.29, 1.82) is 10.5 Å². The molecular formula is C18H10BrCl2N3O2. The van der Waals surface area contributed by atoms with E-state index >= 15 is 0 Å². The number of nitriles is 2. The predicted molar refractivity (Wildman–Crippen MR) is 104 cm³/mol. The molecule has 130 valence electrons. The van der Waals surface area contributed by atoms with E-state index in [9.17, 15) is 10.1 Å². The van der Waals surface area contributed by atoms with Crippen LogP contribution in [0.4, 0.5) is 5.69 Å². The molecule has 0 heterocycles. The summed E-state index contributed by atoms with van der Waals surface area (Å²) >= 11 is 15.1. The Morgan fingerprint density at radius 3 is 2.58 bits per heavy atom. The summed E-state index contributed by atoms with van der Waals surface area (Å²) in [6, 6.07) is 13.3. The van der Waals surface area contributed by atoms with Gasteiger partial charge in [-0.15, -0.1) is 0 Å². The molecule has 2 aromatic carbocycles. The first kappa shape index (κ1) is 19.8. The van der Waals surface area contributed by atoms with Crippen LogP contribution in [0.15, 0.2) is 46.4 Å². The van der Waals surface area contributed by atoms with Crippen molar-refractivity contribution in [2.24, 2.45) is 0 Å². The van der Waals surface area contributed by atoms with Crippen molar-refractivity contribution in [3.8, 4) is 17.9 Å². The lowest BCUT2D eigenvalue weighted by Crippen LogP contribution is -2.13. The summed E-state index contributed by atoms with van der Waals surface area (Å²) in [5.74, 6) is -0.0886. The summed E-state index contributed by atoms with van der Waals surface area (Å²) in [6.45, 7) is -0.0801. The number of halogens is 3. The molecule has 26 heavy (non-hydrogen) atoms. The van der Waals surface area contributed by atoms with Crippen molar-refractivity contribution >= 4 is 56.8 Å². The summed E-state index contributed by atoms with van der Waals surface area (Å²) in [5, 5.41) is 21.1. The van der Waals surface area contributed by atoms with Gasteiger partial charge in [0.2, 0.25) is 0 Å². The van der Waals surface area contributed by atoms with Crippen LogP contribution in [0.3, 0.4) is 0 Å². The van der Waals surface area contributed by atoms with E-state index < -0.39 is 5.91 Å². The van der Waals surface area contributed by atoms with Gasteiger partial charge < -0.3 is 10.1 Å². The number of nitrogens with one attached hydrogen (secondary N) is 1. The van der Waals surface area contributed by atoms with Crippen LogP contribution in [0.2, 0.25) is 10.0 Å². The summed E-state index contributed by atoms with van der Waals surface area (Å²) in [6.07, 6.45) is 1.44. The number of amides is 1. The molecule has 0 aliphatic carbocycles. The zero-order valence-electron chi connectivity index (χ0n) is 13.1. The van der Waals surface area contributed by atoms with Crippen LogP contribution >= 0.6 is 39.1 Å². The van der Waals surface area contributed by atoms with Crippen molar-refractivity contribution in [1.82, 2.24) is 0 Å². The molecule has 0 saturated heterocycles. The molecule has 0 unspecified atom stereocenters. The first-order valence-electron chi connectivity index (χ1n) is 7.12. The first-order chi connectivity index (χ1) is 12.4. The molecule has 2 aromatic rings. The lowest BCUT2D eigenvalue weighted by Gasteiger charge is -2.07. The third kappa shape index (κ3) is 5.24. The van der Waals surface area contributed by atoms with Crippen molar-refractivity contribution in [3.05, 3.63) is 62.1 Å². The van der Waals surface area contributed by atoms with E-state index in [1.807, 2.05) is 12.1 Å². The summed E-state index contributed by atoms with van der Waals surface area (Å²) in [5.41, 5.74) is 0.947. The van der Waals surface area contributed by atoms with Crippen molar-refractivity contribution in [2.45, 2.75) is 0 Å². The second-order valence-corrected chi connectivity index (χ2v) is 6.56. The van der Waals surface area contributed by atoms with E-state index in [0.717, 1.165) is 0 Å². The van der Waals surface area contributed by atoms with Gasteiger partial charge in [0.15, 0.2) is 6.61 Å². The molecule has 0 fully saturated rings. The lowest BCUT2D eigenvalue weighted by molar-refractivity contribution is -0.112. The van der Waals surface area contributed by atoms with Crippen molar-refractivity contribution in [3.63, 3.8) is 0 Å². The Morgan fingerprint density at radius 2 is 1.96 bits per heavy atom. The zero-order valence-corrected chi connectivity index (χ0v) is 16.2. The third-order valence-electron chi connectivity index (χ3n) is 3.10. The molecule has 0 bridgehead atoms. The van der Waals surface area contributed by atoms with Crippen LogP contribution < -0.4 is 10.1 Å². The Kier molecular flexibility index (Phi) is 7.06. The average molecular weight is 451 g/mol. The molecular weight excluding hydrogens is 441 g/mol. The third-order valence-corrected chi connectivity index (χ3v) is 4.46. The molecule has 1 amide bonds. The highest BCUT2D eigenvalue weighted by atomic mass is 79.9. The second-order valence-electron chi connectivity index (χ2n) is 4.89. The van der Waals surface area contributed by atoms with E-state index in [0.29, 0.717) is 31.5 Å². The van der Waals surface area contributed by atoms with E-state index in [2.05, 4.69) is 21.2 Å². The van der Waals surface area contributed by atoms with Crippen LogP contribution in [0.25, 0.3) is 6.08 Å². The van der Waals surface area contributed by atoms with Crippen LogP contribution in [-0.4, -0.2) is 12.5 Å². The van der Waals surface area contributed by atoms with Crippen LogP contribution in [0, 0.1) is 22.7 Å². The molecule has 0 atom stereocenters. The molecule has 8 heteroatoms. The highest BCUT2D eigenvalue weighted by molar-refractivity contribution is 9.10. The zero-order chi connectivity index (χ0) is 19.1. The normalized spacial score (nSPS) is 10.6. The molecule has 1 N–H and O–H groups in total. The monoisotopic (exact) mass is 449 g/mol. The number of ether oxygens (including phenoxy) is 1. The van der Waals surface area contributed by atoms with Gasteiger partial charge in [-0.1, -0.05) is 29.3 Å². The molecule has 0 radical (unpaired) electrons. The fourth-order valence-electron chi connectivity index (χ4n) is 1.92. The smallest absolute Gasteiger partial charge is 0.266 e. The average Bonchev–Trinajstić information content (AvgIpc) is 2.62. The Hall–Kier alpha value is -2.51. The number of rotatable bonds is 5. The van der Waals surface area contributed by atoms with E-state index in [-0.39, 0.29) is 12.2 Å². The maximum absolute atomic E-state index is 12.3. The highest BCUT2D eigenvalue weighted by Gasteiger charge is 2.11. The summed E-state index contributed by atoms with van der Waals surface area (Å²) in [7, 11) is 0. The lowest BCUT2D eigenvalue weighted by atomic mass is 10.1. The topological polar surface area (TPSA) is 85.9 Å². The SMILES string of the molecule is N#CCOc1ccc(/C=C(\C#N)C(=O)Nc2ccc(Cl)c(Cl)c2)cc1Br. The molecule has 2 rings (SSSR count). The molecule has 0 aromatic heterocycles. The van der Waals surface area contributed by atoms with Crippen LogP contribution in [0.5, 0.6) is 5.75 Å². The van der Waals surface area contributed by atoms with Gasteiger partial charge in [-0.3, -0.25) is 4.79 Å². The summed E-state index contributed by atoms with van der Waals surface area (Å²) in [4.78, 5) is 12.3. The Labute approximate surface area is 168 Å². The van der Waals surface area contributed by atoms with Gasteiger partial charge in [-0.2, -0.15) is 10.5 Å². The van der Waals surface area contributed by atoms with Gasteiger partial charge in [0.25, 0.3) is 5.91 Å². The van der Waals surface area contributed by atoms with Gasteiger partial charge in [-0.05, 0) is 57.9 Å². The molecule has 0 spiro atoms. The molecule has 0 saturated carbocycles.